The molecule has 0 spiro atoms. The predicted molar refractivity (Wildman–Crippen MR) is 138 cm³/mol. The van der Waals surface area contributed by atoms with E-state index in [4.69, 9.17) is 4.74 Å². The number of rotatable bonds is 10. The summed E-state index contributed by atoms with van der Waals surface area (Å²) >= 11 is 0. The number of carbonyl (C=O) groups is 1. The van der Waals surface area contributed by atoms with E-state index in [1.807, 2.05) is 42.5 Å². The van der Waals surface area contributed by atoms with Crippen LogP contribution in [0.2, 0.25) is 0 Å². The molecule has 1 heterocycles. The van der Waals surface area contributed by atoms with Gasteiger partial charge in [0.15, 0.2) is 0 Å². The van der Waals surface area contributed by atoms with E-state index >= 15 is 0 Å². The van der Waals surface area contributed by atoms with Crippen molar-refractivity contribution in [2.45, 2.75) is 51.0 Å². The molecule has 4 rings (SSSR count). The van der Waals surface area contributed by atoms with Gasteiger partial charge in [0.2, 0.25) is 5.91 Å². The summed E-state index contributed by atoms with van der Waals surface area (Å²) in [5.74, 6) is 0.00518. The molecule has 182 valence electrons. The fourth-order valence-corrected chi connectivity index (χ4v) is 4.69. The Bertz CT molecular complexity index is 1140. The number of hydrogen-bond acceptors (Lipinski definition) is 5. The van der Waals surface area contributed by atoms with Crippen LogP contribution < -0.4 is 10.9 Å². The SMILES string of the molecule is COCN(CCCCC(=O)Nc1cccc(-c2n[nH]c(=O)c3ccccc23)c1)C1CCCC1.Cl. The maximum absolute atomic E-state index is 12.5. The fourth-order valence-electron chi connectivity index (χ4n) is 4.69. The molecule has 0 bridgehead atoms. The van der Waals surface area contributed by atoms with Crippen molar-refractivity contribution in [3.63, 3.8) is 0 Å². The van der Waals surface area contributed by atoms with Crippen LogP contribution in [0.5, 0.6) is 0 Å². The van der Waals surface area contributed by atoms with E-state index in [9.17, 15) is 9.59 Å². The van der Waals surface area contributed by atoms with Crippen molar-refractivity contribution in [1.82, 2.24) is 15.1 Å². The van der Waals surface area contributed by atoms with Gasteiger partial charge < -0.3 is 10.1 Å². The minimum absolute atomic E-state index is 0. The Morgan fingerprint density at radius 2 is 1.88 bits per heavy atom. The van der Waals surface area contributed by atoms with E-state index in [1.165, 1.54) is 25.7 Å². The average Bonchev–Trinajstić information content (AvgIpc) is 3.37. The van der Waals surface area contributed by atoms with Gasteiger partial charge in [0, 0.05) is 42.8 Å². The Balaban J connectivity index is 0.00000324. The Kier molecular flexibility index (Phi) is 9.62. The topological polar surface area (TPSA) is 87.3 Å². The number of fused-ring (bicyclic) bond motifs is 1. The molecular weight excluding hydrogens is 452 g/mol. The molecule has 0 saturated heterocycles. The molecule has 1 fully saturated rings. The van der Waals surface area contributed by atoms with Crippen LogP contribution in [-0.2, 0) is 9.53 Å². The molecule has 2 N–H and O–H groups in total. The number of nitrogens with zero attached hydrogens (tertiary/aromatic N) is 2. The average molecular weight is 485 g/mol. The van der Waals surface area contributed by atoms with E-state index in [0.29, 0.717) is 30.3 Å². The highest BCUT2D eigenvalue weighted by atomic mass is 35.5. The van der Waals surface area contributed by atoms with Gasteiger partial charge in [0.05, 0.1) is 17.8 Å². The molecule has 0 unspecified atom stereocenters. The highest BCUT2D eigenvalue weighted by Crippen LogP contribution is 2.26. The second-order valence-electron chi connectivity index (χ2n) is 8.70. The first-order chi connectivity index (χ1) is 16.2. The first-order valence-electron chi connectivity index (χ1n) is 11.8. The molecule has 8 heteroatoms. The zero-order chi connectivity index (χ0) is 23.0. The van der Waals surface area contributed by atoms with E-state index in [2.05, 4.69) is 20.4 Å². The van der Waals surface area contributed by atoms with E-state index in [1.54, 1.807) is 13.2 Å². The van der Waals surface area contributed by atoms with Crippen LogP contribution in [0.1, 0.15) is 44.9 Å². The second-order valence-corrected chi connectivity index (χ2v) is 8.70. The van der Waals surface area contributed by atoms with Gasteiger partial charge >= 0.3 is 0 Å². The zero-order valence-electron chi connectivity index (χ0n) is 19.6. The van der Waals surface area contributed by atoms with Gasteiger partial charge in [0.1, 0.15) is 0 Å². The summed E-state index contributed by atoms with van der Waals surface area (Å²) in [6, 6.07) is 15.6. The molecule has 0 radical (unpaired) electrons. The first-order valence-corrected chi connectivity index (χ1v) is 11.8. The third-order valence-corrected chi connectivity index (χ3v) is 6.35. The lowest BCUT2D eigenvalue weighted by molar-refractivity contribution is -0.116. The second kappa shape index (κ2) is 12.6. The number of aromatic amines is 1. The summed E-state index contributed by atoms with van der Waals surface area (Å²) < 4.78 is 5.38. The summed E-state index contributed by atoms with van der Waals surface area (Å²) in [4.78, 5) is 27.0. The standard InChI is InChI=1S/C26H32N4O3.ClH/c1-33-18-30(21-11-2-3-12-21)16-7-6-15-24(31)27-20-10-8-9-19(17-20)25-22-13-4-5-14-23(22)26(32)29-28-25;/h4-5,8-10,13-14,17,21H,2-3,6-7,11-12,15-16,18H2,1H3,(H,27,31)(H,29,32);1H. The van der Waals surface area contributed by atoms with Crippen LogP contribution in [0.25, 0.3) is 22.0 Å². The van der Waals surface area contributed by atoms with Crippen molar-refractivity contribution >= 4 is 34.8 Å². The van der Waals surface area contributed by atoms with Gasteiger partial charge in [-0.2, -0.15) is 5.10 Å². The minimum atomic E-state index is -0.212. The molecule has 1 amide bonds. The van der Waals surface area contributed by atoms with Crippen LogP contribution in [0.3, 0.4) is 0 Å². The van der Waals surface area contributed by atoms with E-state index in [-0.39, 0.29) is 23.9 Å². The summed E-state index contributed by atoms with van der Waals surface area (Å²) in [6.45, 7) is 1.63. The van der Waals surface area contributed by atoms with Crippen LogP contribution in [-0.4, -0.2) is 47.4 Å². The van der Waals surface area contributed by atoms with Gasteiger partial charge in [-0.15, -0.1) is 12.4 Å². The monoisotopic (exact) mass is 484 g/mol. The highest BCUT2D eigenvalue weighted by Gasteiger charge is 2.21. The van der Waals surface area contributed by atoms with Gasteiger partial charge in [-0.1, -0.05) is 43.2 Å². The summed E-state index contributed by atoms with van der Waals surface area (Å²) in [6.07, 6.45) is 7.40. The number of anilines is 1. The molecule has 2 aromatic carbocycles. The molecule has 0 aliphatic heterocycles. The quantitative estimate of drug-likeness (QED) is 0.313. The largest absolute Gasteiger partial charge is 0.369 e. The Hall–Kier alpha value is -2.74. The van der Waals surface area contributed by atoms with Crippen molar-refractivity contribution in [3.8, 4) is 11.3 Å². The number of ether oxygens (including phenoxy) is 1. The first kappa shape index (κ1) is 25.9. The van der Waals surface area contributed by atoms with E-state index < -0.39 is 0 Å². The summed E-state index contributed by atoms with van der Waals surface area (Å²) in [7, 11) is 1.74. The van der Waals surface area contributed by atoms with Gasteiger partial charge in [-0.3, -0.25) is 14.5 Å². The fraction of sp³-hybridized carbons (Fsp3) is 0.423. The molecule has 1 aliphatic carbocycles. The van der Waals surface area contributed by atoms with Gasteiger partial charge in [-0.25, -0.2) is 5.10 Å². The molecule has 1 aliphatic rings. The Labute approximate surface area is 206 Å². The maximum Gasteiger partial charge on any atom is 0.272 e. The Morgan fingerprint density at radius 3 is 2.65 bits per heavy atom. The maximum atomic E-state index is 12.5. The lowest BCUT2D eigenvalue weighted by Crippen LogP contribution is -2.35. The molecule has 0 atom stereocenters. The summed E-state index contributed by atoms with van der Waals surface area (Å²) in [5, 5.41) is 11.2. The molecule has 1 saturated carbocycles. The Morgan fingerprint density at radius 1 is 1.12 bits per heavy atom. The number of halogens is 1. The number of aromatic nitrogens is 2. The van der Waals surface area contributed by atoms with Crippen molar-refractivity contribution < 1.29 is 9.53 Å². The lowest BCUT2D eigenvalue weighted by Gasteiger charge is -2.27. The van der Waals surface area contributed by atoms with Crippen molar-refractivity contribution in [1.29, 1.82) is 0 Å². The smallest absolute Gasteiger partial charge is 0.272 e. The third kappa shape index (κ3) is 6.44. The van der Waals surface area contributed by atoms with Crippen molar-refractivity contribution in [2.24, 2.45) is 0 Å². The van der Waals surface area contributed by atoms with Gasteiger partial charge in [-0.05, 0) is 43.9 Å². The predicted octanol–water partition coefficient (Wildman–Crippen LogP) is 4.97. The van der Waals surface area contributed by atoms with Crippen LogP contribution in [0.15, 0.2) is 53.3 Å². The van der Waals surface area contributed by atoms with Crippen LogP contribution in [0.4, 0.5) is 5.69 Å². The molecule has 1 aromatic heterocycles. The number of H-pyrrole nitrogens is 1. The molecular formula is C26H33ClN4O3. The lowest BCUT2D eigenvalue weighted by atomic mass is 10.0. The highest BCUT2D eigenvalue weighted by molar-refractivity contribution is 5.95. The normalized spacial score (nSPS) is 13.8. The third-order valence-electron chi connectivity index (χ3n) is 6.35. The molecule has 34 heavy (non-hydrogen) atoms. The van der Waals surface area contributed by atoms with Crippen LogP contribution in [0, 0.1) is 0 Å². The van der Waals surface area contributed by atoms with Crippen LogP contribution >= 0.6 is 12.4 Å². The number of carbonyl (C=O) groups excluding carboxylic acids is 1. The van der Waals surface area contributed by atoms with Crippen molar-refractivity contribution in [2.75, 3.05) is 25.7 Å². The number of hydrogen-bond donors (Lipinski definition) is 2. The van der Waals surface area contributed by atoms with E-state index in [0.717, 1.165) is 36.0 Å². The number of nitrogens with one attached hydrogen (secondary N) is 2. The number of methoxy groups -OCH3 is 1. The minimum Gasteiger partial charge on any atom is -0.369 e. The van der Waals surface area contributed by atoms with Crippen molar-refractivity contribution in [3.05, 3.63) is 58.9 Å². The number of unbranched alkanes of at least 4 members (excludes halogenated alkanes) is 1. The number of amides is 1. The summed E-state index contributed by atoms with van der Waals surface area (Å²) in [5.41, 5.74) is 2.04. The zero-order valence-corrected chi connectivity index (χ0v) is 20.4. The molecule has 3 aromatic rings. The van der Waals surface area contributed by atoms with Gasteiger partial charge in [0.25, 0.3) is 5.56 Å². The molecule has 7 nitrogen and oxygen atoms in total. The number of benzene rings is 2.